The van der Waals surface area contributed by atoms with Crippen LogP contribution < -0.4 is 0 Å². The number of amides is 3. The van der Waals surface area contributed by atoms with Gasteiger partial charge in [-0.25, -0.2) is 9.69 Å². The molecule has 4 fully saturated rings. The molecule has 0 aliphatic carbocycles. The molecule has 0 aromatic rings. The topological polar surface area (TPSA) is 74.8 Å². The van der Waals surface area contributed by atoms with E-state index in [1.807, 2.05) is 6.92 Å². The molecule has 9 nitrogen and oxygen atoms in total. The highest BCUT2D eigenvalue weighted by molar-refractivity contribution is 6.02. The fourth-order valence-corrected chi connectivity index (χ4v) is 4.82. The molecule has 34 heavy (non-hydrogen) atoms. The fourth-order valence-electron chi connectivity index (χ4n) is 4.82. The maximum atomic E-state index is 12.3. The van der Waals surface area contributed by atoms with Gasteiger partial charge in [0.2, 0.25) is 5.91 Å². The number of urea groups is 1. The maximum Gasteiger partial charge on any atom is 0.327 e. The van der Waals surface area contributed by atoms with Crippen molar-refractivity contribution in [2.45, 2.75) is 73.4 Å². The van der Waals surface area contributed by atoms with Crippen LogP contribution in [0.25, 0.3) is 0 Å². The van der Waals surface area contributed by atoms with E-state index >= 15 is 0 Å². The van der Waals surface area contributed by atoms with Crippen LogP contribution in [-0.4, -0.2) is 110 Å². The third kappa shape index (κ3) is 6.91. The van der Waals surface area contributed by atoms with Crippen molar-refractivity contribution >= 4 is 11.9 Å². The Balaban J connectivity index is 1.20. The number of hydrogen-bond donors (Lipinski definition) is 0. The lowest BCUT2D eigenvalue weighted by atomic mass is 9.89. The number of likely N-dealkylation sites (N-methyl/N-ethyl adjacent to an activating group) is 2. The van der Waals surface area contributed by atoms with Crippen molar-refractivity contribution in [2.24, 2.45) is 10.8 Å². The molecule has 196 valence electrons. The van der Waals surface area contributed by atoms with Crippen LogP contribution in [-0.2, 0) is 19.0 Å². The Kier molecular flexibility index (Phi) is 9.36. The van der Waals surface area contributed by atoms with Gasteiger partial charge in [0.15, 0.2) is 6.35 Å². The molecule has 2 atom stereocenters. The molecule has 0 aromatic heterocycles. The predicted octanol–water partition coefficient (Wildman–Crippen LogP) is 2.80. The van der Waals surface area contributed by atoms with Crippen LogP contribution in [0.4, 0.5) is 4.79 Å². The van der Waals surface area contributed by atoms with Crippen LogP contribution in [0.3, 0.4) is 0 Å². The van der Waals surface area contributed by atoms with Crippen molar-refractivity contribution in [1.82, 2.24) is 19.6 Å². The summed E-state index contributed by atoms with van der Waals surface area (Å²) < 4.78 is 17.5. The largest absolute Gasteiger partial charge is 0.381 e. The predicted molar refractivity (Wildman–Crippen MR) is 130 cm³/mol. The highest BCUT2D eigenvalue weighted by Crippen LogP contribution is 2.37. The second kappa shape index (κ2) is 11.6. The van der Waals surface area contributed by atoms with Gasteiger partial charge in [0.25, 0.3) is 0 Å². The summed E-state index contributed by atoms with van der Waals surface area (Å²) in [4.78, 5) is 32.2. The fraction of sp³-hybridized carbons (Fsp3) is 0.920. The highest BCUT2D eigenvalue weighted by Gasteiger charge is 2.52. The molecule has 0 N–H and O–H groups in total. The van der Waals surface area contributed by atoms with Gasteiger partial charge in [-0.05, 0) is 43.6 Å². The van der Waals surface area contributed by atoms with E-state index in [9.17, 15) is 9.59 Å². The van der Waals surface area contributed by atoms with Gasteiger partial charge in [-0.15, -0.1) is 0 Å². The Hall–Kier alpha value is -1.26. The number of rotatable bonds is 16. The first-order valence-corrected chi connectivity index (χ1v) is 13.0. The van der Waals surface area contributed by atoms with Gasteiger partial charge in [0.05, 0.1) is 0 Å². The molecule has 4 aliphatic heterocycles. The monoisotopic (exact) mass is 482 g/mol. The minimum absolute atomic E-state index is 0.102. The smallest absolute Gasteiger partial charge is 0.327 e. The summed E-state index contributed by atoms with van der Waals surface area (Å²) in [5.74, 6) is -0.102. The summed E-state index contributed by atoms with van der Waals surface area (Å²) in [6.07, 6.45) is 3.14. The van der Waals surface area contributed by atoms with E-state index in [2.05, 4.69) is 44.4 Å². The third-order valence-corrected chi connectivity index (χ3v) is 7.17. The van der Waals surface area contributed by atoms with Crippen molar-refractivity contribution in [1.29, 1.82) is 0 Å². The van der Waals surface area contributed by atoms with Crippen molar-refractivity contribution in [3.05, 3.63) is 0 Å². The van der Waals surface area contributed by atoms with Gasteiger partial charge in [0.1, 0.15) is 12.8 Å². The Morgan fingerprint density at radius 2 is 1.53 bits per heavy atom. The Morgan fingerprint density at radius 1 is 0.912 bits per heavy atom. The lowest BCUT2D eigenvalue weighted by Gasteiger charge is -2.44. The van der Waals surface area contributed by atoms with Gasteiger partial charge in [-0.1, -0.05) is 34.6 Å². The Labute approximate surface area is 205 Å². The van der Waals surface area contributed by atoms with Crippen LogP contribution >= 0.6 is 0 Å². The molecule has 4 saturated heterocycles. The first-order chi connectivity index (χ1) is 16.1. The molecule has 2 bridgehead atoms. The second-order valence-corrected chi connectivity index (χ2v) is 11.4. The van der Waals surface area contributed by atoms with Crippen LogP contribution in [0.15, 0.2) is 0 Å². The van der Waals surface area contributed by atoms with E-state index in [1.54, 1.807) is 4.90 Å². The molecule has 3 amide bonds. The second-order valence-electron chi connectivity index (χ2n) is 11.4. The standard InChI is InChI=1S/C25H46N4O5/c1-7-26-16-20(30)28(22(26)31)18-24(3,4)10-14-32-12-9-13-33-15-11-25(5,6)19-29-21-17-27(8-2)23(29)34-21/h21,23H,7-19H2,1-6H3. The van der Waals surface area contributed by atoms with E-state index in [0.717, 1.165) is 45.5 Å². The number of carbonyl (C=O) groups is 2. The lowest BCUT2D eigenvalue weighted by Crippen LogP contribution is -2.57. The van der Waals surface area contributed by atoms with Crippen molar-refractivity contribution in [3.63, 3.8) is 0 Å². The minimum atomic E-state index is -0.174. The molecule has 0 saturated carbocycles. The van der Waals surface area contributed by atoms with Crippen LogP contribution in [0, 0.1) is 10.8 Å². The minimum Gasteiger partial charge on any atom is -0.381 e. The number of fused-ring (bicyclic) bond motifs is 1. The third-order valence-electron chi connectivity index (χ3n) is 7.17. The molecule has 4 heterocycles. The molecule has 0 radical (unpaired) electrons. The maximum absolute atomic E-state index is 12.3. The zero-order chi connectivity index (χ0) is 24.9. The molecular formula is C25H46N4O5. The van der Waals surface area contributed by atoms with Gasteiger partial charge >= 0.3 is 6.03 Å². The van der Waals surface area contributed by atoms with Crippen molar-refractivity contribution in [2.75, 3.05) is 65.7 Å². The van der Waals surface area contributed by atoms with Crippen molar-refractivity contribution < 1.29 is 23.8 Å². The summed E-state index contributed by atoms with van der Waals surface area (Å²) >= 11 is 0. The Bertz CT molecular complexity index is 701. The molecule has 4 aliphatic rings. The zero-order valence-electron chi connectivity index (χ0n) is 22.2. The zero-order valence-corrected chi connectivity index (χ0v) is 22.2. The molecule has 2 unspecified atom stereocenters. The van der Waals surface area contributed by atoms with Crippen LogP contribution in [0.5, 0.6) is 0 Å². The van der Waals surface area contributed by atoms with Gasteiger partial charge < -0.3 is 19.1 Å². The van der Waals surface area contributed by atoms with E-state index in [-0.39, 0.29) is 41.9 Å². The first kappa shape index (κ1) is 27.3. The SMILES string of the molecule is CCN1CC(=O)N(CC(C)(C)CCOCCCOCCC(C)(C)CN2C3CN(CC)C2O3)C1=O. The highest BCUT2D eigenvalue weighted by atomic mass is 16.6. The van der Waals surface area contributed by atoms with E-state index in [0.29, 0.717) is 32.9 Å². The summed E-state index contributed by atoms with van der Waals surface area (Å²) in [6.45, 7) is 19.9. The van der Waals surface area contributed by atoms with E-state index in [4.69, 9.17) is 14.2 Å². The van der Waals surface area contributed by atoms with Crippen LogP contribution in [0.1, 0.15) is 60.8 Å². The number of nitrogens with zero attached hydrogens (tertiary/aromatic N) is 4. The summed E-state index contributed by atoms with van der Waals surface area (Å²) in [7, 11) is 0. The van der Waals surface area contributed by atoms with Gasteiger partial charge in [0, 0.05) is 52.6 Å². The number of carbonyl (C=O) groups excluding carboxylic acids is 2. The summed E-state index contributed by atoms with van der Waals surface area (Å²) in [6, 6.07) is -0.171. The summed E-state index contributed by atoms with van der Waals surface area (Å²) in [5, 5.41) is 0. The Morgan fingerprint density at radius 3 is 2.06 bits per heavy atom. The normalized spacial score (nSPS) is 23.9. The average molecular weight is 483 g/mol. The number of imide groups is 1. The van der Waals surface area contributed by atoms with E-state index < -0.39 is 0 Å². The van der Waals surface area contributed by atoms with Gasteiger partial charge in [-0.2, -0.15) is 0 Å². The van der Waals surface area contributed by atoms with E-state index in [1.165, 1.54) is 4.90 Å². The lowest BCUT2D eigenvalue weighted by molar-refractivity contribution is -0.267. The first-order valence-electron chi connectivity index (χ1n) is 13.0. The summed E-state index contributed by atoms with van der Waals surface area (Å²) in [5.41, 5.74) is 0.0185. The quantitative estimate of drug-likeness (QED) is 0.247. The van der Waals surface area contributed by atoms with Crippen molar-refractivity contribution in [3.8, 4) is 0 Å². The number of hydrogen-bond acceptors (Lipinski definition) is 7. The number of ether oxygens (including phenoxy) is 3. The molecule has 9 heteroatoms. The average Bonchev–Trinajstić information content (AvgIpc) is 3.43. The molecule has 4 rings (SSSR count). The van der Waals surface area contributed by atoms with Gasteiger partial charge in [-0.3, -0.25) is 14.6 Å². The molecular weight excluding hydrogens is 436 g/mol. The van der Waals surface area contributed by atoms with Crippen LogP contribution in [0.2, 0.25) is 0 Å². The molecule has 0 aromatic carbocycles. The molecule has 0 spiro atoms.